The predicted molar refractivity (Wildman–Crippen MR) is 50.9 cm³/mol. The van der Waals surface area contributed by atoms with Gasteiger partial charge in [-0.05, 0) is 6.92 Å². The summed E-state index contributed by atoms with van der Waals surface area (Å²) in [6, 6.07) is -0.475. The minimum atomic E-state index is -0.475. The number of thiazole rings is 1. The molecule has 72 valence electrons. The standard InChI is InChI=1S/C8H12N2O2S/c1-4-7(5(2)12)13-8(10-4)6(9)3-11/h6,11H,3,9H2,1-2H3. The second-order valence-corrected chi connectivity index (χ2v) is 3.84. The lowest BCUT2D eigenvalue weighted by Crippen LogP contribution is -2.13. The van der Waals surface area contributed by atoms with Crippen molar-refractivity contribution in [2.24, 2.45) is 5.73 Å². The molecule has 1 atom stereocenters. The normalized spacial score (nSPS) is 12.9. The Morgan fingerprint density at radius 2 is 2.38 bits per heavy atom. The van der Waals surface area contributed by atoms with Crippen molar-refractivity contribution in [1.82, 2.24) is 4.98 Å². The minimum Gasteiger partial charge on any atom is -0.394 e. The third-order valence-electron chi connectivity index (χ3n) is 1.65. The number of aliphatic hydroxyl groups excluding tert-OH is 1. The second-order valence-electron chi connectivity index (χ2n) is 2.81. The Morgan fingerprint density at radius 1 is 1.77 bits per heavy atom. The molecule has 1 heterocycles. The average Bonchev–Trinajstić information content (AvgIpc) is 2.46. The summed E-state index contributed by atoms with van der Waals surface area (Å²) in [6.07, 6.45) is 0. The topological polar surface area (TPSA) is 76.2 Å². The van der Waals surface area contributed by atoms with E-state index < -0.39 is 6.04 Å². The number of rotatable bonds is 3. The van der Waals surface area contributed by atoms with Crippen LogP contribution in [-0.2, 0) is 0 Å². The molecule has 0 aliphatic rings. The number of carbonyl (C=O) groups is 1. The van der Waals surface area contributed by atoms with Gasteiger partial charge in [0.1, 0.15) is 5.01 Å². The molecular formula is C8H12N2O2S. The zero-order valence-electron chi connectivity index (χ0n) is 7.57. The first-order valence-corrected chi connectivity index (χ1v) is 4.72. The van der Waals surface area contributed by atoms with Gasteiger partial charge in [0.15, 0.2) is 5.78 Å². The Hall–Kier alpha value is -0.780. The highest BCUT2D eigenvalue weighted by Gasteiger charge is 2.15. The molecule has 3 N–H and O–H groups in total. The van der Waals surface area contributed by atoms with Gasteiger partial charge in [-0.1, -0.05) is 0 Å². The molecule has 1 aromatic rings. The van der Waals surface area contributed by atoms with Crippen LogP contribution in [0.15, 0.2) is 0 Å². The Bertz CT molecular complexity index is 322. The molecule has 1 unspecified atom stereocenters. The number of aromatic nitrogens is 1. The van der Waals surface area contributed by atoms with E-state index in [1.165, 1.54) is 18.3 Å². The van der Waals surface area contributed by atoms with E-state index in [0.717, 1.165) is 0 Å². The lowest BCUT2D eigenvalue weighted by Gasteiger charge is -2.00. The largest absolute Gasteiger partial charge is 0.394 e. The molecule has 0 saturated heterocycles. The van der Waals surface area contributed by atoms with E-state index in [2.05, 4.69) is 4.98 Å². The van der Waals surface area contributed by atoms with Gasteiger partial charge in [0.05, 0.1) is 23.2 Å². The molecule has 1 rings (SSSR count). The van der Waals surface area contributed by atoms with Gasteiger partial charge < -0.3 is 10.8 Å². The van der Waals surface area contributed by atoms with Crippen molar-refractivity contribution in [2.75, 3.05) is 6.61 Å². The summed E-state index contributed by atoms with van der Waals surface area (Å²) in [7, 11) is 0. The van der Waals surface area contributed by atoms with Gasteiger partial charge in [-0.25, -0.2) is 4.98 Å². The maximum atomic E-state index is 11.1. The van der Waals surface area contributed by atoms with Crippen LogP contribution in [0.5, 0.6) is 0 Å². The van der Waals surface area contributed by atoms with Gasteiger partial charge >= 0.3 is 0 Å². The SMILES string of the molecule is CC(=O)c1sc(C(N)CO)nc1C. The molecule has 1 aromatic heterocycles. The van der Waals surface area contributed by atoms with Crippen molar-refractivity contribution in [1.29, 1.82) is 0 Å². The highest BCUT2D eigenvalue weighted by Crippen LogP contribution is 2.22. The monoisotopic (exact) mass is 200 g/mol. The van der Waals surface area contributed by atoms with Crippen LogP contribution in [0.1, 0.15) is 33.3 Å². The first kappa shape index (κ1) is 10.3. The van der Waals surface area contributed by atoms with Crippen LogP contribution in [0.3, 0.4) is 0 Å². The fourth-order valence-electron chi connectivity index (χ4n) is 0.981. The van der Waals surface area contributed by atoms with Crippen LogP contribution < -0.4 is 5.73 Å². The summed E-state index contributed by atoms with van der Waals surface area (Å²) in [6.45, 7) is 3.11. The van der Waals surface area contributed by atoms with Crippen LogP contribution in [0.25, 0.3) is 0 Å². The molecule has 4 nitrogen and oxygen atoms in total. The quantitative estimate of drug-likeness (QED) is 0.702. The number of aryl methyl sites for hydroxylation is 1. The second kappa shape index (κ2) is 3.95. The van der Waals surface area contributed by atoms with Crippen LogP contribution in [0, 0.1) is 6.92 Å². The van der Waals surface area contributed by atoms with Crippen LogP contribution in [0.4, 0.5) is 0 Å². The average molecular weight is 200 g/mol. The van der Waals surface area contributed by atoms with Gasteiger partial charge in [0.25, 0.3) is 0 Å². The molecule has 0 aromatic carbocycles. The number of carbonyl (C=O) groups excluding carboxylic acids is 1. The summed E-state index contributed by atoms with van der Waals surface area (Å²) in [5.41, 5.74) is 6.25. The maximum Gasteiger partial charge on any atom is 0.171 e. The summed E-state index contributed by atoms with van der Waals surface area (Å²) in [5, 5.41) is 9.40. The fourth-order valence-corrected chi connectivity index (χ4v) is 1.94. The Morgan fingerprint density at radius 3 is 2.77 bits per heavy atom. The summed E-state index contributed by atoms with van der Waals surface area (Å²) in [4.78, 5) is 15.8. The molecule has 0 aliphatic carbocycles. The molecular weight excluding hydrogens is 188 g/mol. The van der Waals surface area contributed by atoms with Crippen molar-refractivity contribution >= 4 is 17.1 Å². The predicted octanol–water partition coefficient (Wildman–Crippen LogP) is 0.646. The molecule has 0 fully saturated rings. The van der Waals surface area contributed by atoms with Gasteiger partial charge in [-0.15, -0.1) is 11.3 Å². The van der Waals surface area contributed by atoms with E-state index in [9.17, 15) is 4.79 Å². The Labute approximate surface area is 80.4 Å². The highest BCUT2D eigenvalue weighted by atomic mass is 32.1. The van der Waals surface area contributed by atoms with Crippen LogP contribution in [-0.4, -0.2) is 22.5 Å². The first-order chi connectivity index (χ1) is 6.06. The van der Waals surface area contributed by atoms with E-state index in [1.807, 2.05) is 0 Å². The first-order valence-electron chi connectivity index (χ1n) is 3.91. The Balaban J connectivity index is 3.01. The van der Waals surface area contributed by atoms with Crippen LogP contribution >= 0.6 is 11.3 Å². The van der Waals surface area contributed by atoms with Crippen molar-refractivity contribution in [3.63, 3.8) is 0 Å². The molecule has 0 amide bonds. The molecule has 0 radical (unpaired) electrons. The van der Waals surface area contributed by atoms with Crippen molar-refractivity contribution < 1.29 is 9.90 Å². The number of Topliss-reactive ketones (excluding diaryl/α,β-unsaturated/α-hetero) is 1. The summed E-state index contributed by atoms with van der Waals surface area (Å²) >= 11 is 1.25. The van der Waals surface area contributed by atoms with Gasteiger partial charge in [-0.2, -0.15) is 0 Å². The lowest BCUT2D eigenvalue weighted by atomic mass is 10.3. The highest BCUT2D eigenvalue weighted by molar-refractivity contribution is 7.13. The van der Waals surface area contributed by atoms with Crippen molar-refractivity contribution in [3.8, 4) is 0 Å². The van der Waals surface area contributed by atoms with E-state index in [0.29, 0.717) is 15.6 Å². The number of aliphatic hydroxyl groups is 1. The van der Waals surface area contributed by atoms with E-state index in [1.54, 1.807) is 6.92 Å². The molecule has 0 saturated carbocycles. The molecule has 0 aliphatic heterocycles. The maximum absolute atomic E-state index is 11.1. The molecule has 5 heteroatoms. The number of ketones is 1. The van der Waals surface area contributed by atoms with E-state index in [-0.39, 0.29) is 12.4 Å². The summed E-state index contributed by atoms with van der Waals surface area (Å²) < 4.78 is 0. The zero-order chi connectivity index (χ0) is 10.0. The third kappa shape index (κ3) is 2.12. The van der Waals surface area contributed by atoms with Gasteiger partial charge in [-0.3, -0.25) is 4.79 Å². The van der Waals surface area contributed by atoms with Crippen molar-refractivity contribution in [2.45, 2.75) is 19.9 Å². The zero-order valence-corrected chi connectivity index (χ0v) is 8.39. The molecule has 0 bridgehead atoms. The number of hydrogen-bond donors (Lipinski definition) is 2. The molecule has 0 spiro atoms. The number of nitrogens with zero attached hydrogens (tertiary/aromatic N) is 1. The van der Waals surface area contributed by atoms with Crippen molar-refractivity contribution in [3.05, 3.63) is 15.6 Å². The number of hydrogen-bond acceptors (Lipinski definition) is 5. The third-order valence-corrected chi connectivity index (χ3v) is 3.04. The van der Waals surface area contributed by atoms with Gasteiger partial charge in [0.2, 0.25) is 0 Å². The summed E-state index contributed by atoms with van der Waals surface area (Å²) in [5.74, 6) is -0.00797. The lowest BCUT2D eigenvalue weighted by molar-refractivity contribution is 0.102. The minimum absolute atomic E-state index is 0.00797. The van der Waals surface area contributed by atoms with Crippen LogP contribution in [0.2, 0.25) is 0 Å². The smallest absolute Gasteiger partial charge is 0.171 e. The number of nitrogens with two attached hydrogens (primary N) is 1. The van der Waals surface area contributed by atoms with E-state index in [4.69, 9.17) is 10.8 Å². The van der Waals surface area contributed by atoms with Gasteiger partial charge in [0, 0.05) is 6.92 Å². The Kier molecular flexibility index (Phi) is 3.13. The molecule has 13 heavy (non-hydrogen) atoms. The fraction of sp³-hybridized carbons (Fsp3) is 0.500. The van der Waals surface area contributed by atoms with E-state index >= 15 is 0 Å².